The van der Waals surface area contributed by atoms with Crippen LogP contribution in [0.15, 0.2) is 18.2 Å². The molecule has 22 heavy (non-hydrogen) atoms. The van der Waals surface area contributed by atoms with Crippen LogP contribution in [0.3, 0.4) is 0 Å². The second kappa shape index (κ2) is 8.95. The largest absolute Gasteiger partial charge is 0.494 e. The number of halogens is 1. The molecule has 0 heterocycles. The van der Waals surface area contributed by atoms with Crippen molar-refractivity contribution >= 4 is 15.7 Å². The molecule has 126 valence electrons. The molecule has 0 spiro atoms. The fourth-order valence-corrected chi connectivity index (χ4v) is 2.58. The summed E-state index contributed by atoms with van der Waals surface area (Å²) in [5, 5.41) is 2.72. The quantitative estimate of drug-likeness (QED) is 0.647. The zero-order valence-electron chi connectivity index (χ0n) is 13.4. The van der Waals surface area contributed by atoms with Gasteiger partial charge in [-0.3, -0.25) is 0 Å². The SMILES string of the molecule is COc1ccc(NCCCCCNS(=O)(=O)C(C)C)cc1F. The molecule has 0 fully saturated rings. The van der Waals surface area contributed by atoms with Crippen LogP contribution in [0.2, 0.25) is 0 Å². The van der Waals surface area contributed by atoms with E-state index >= 15 is 0 Å². The monoisotopic (exact) mass is 332 g/mol. The Morgan fingerprint density at radius 1 is 1.18 bits per heavy atom. The summed E-state index contributed by atoms with van der Waals surface area (Å²) in [6, 6.07) is 4.74. The van der Waals surface area contributed by atoms with E-state index in [9.17, 15) is 12.8 Å². The predicted octanol–water partition coefficient (Wildman–Crippen LogP) is 2.74. The highest BCUT2D eigenvalue weighted by Gasteiger charge is 2.13. The molecule has 5 nitrogen and oxygen atoms in total. The molecular weight excluding hydrogens is 307 g/mol. The molecule has 0 aliphatic rings. The van der Waals surface area contributed by atoms with Gasteiger partial charge in [0.05, 0.1) is 12.4 Å². The number of benzene rings is 1. The third-order valence-corrected chi connectivity index (χ3v) is 5.11. The maximum atomic E-state index is 13.5. The van der Waals surface area contributed by atoms with Gasteiger partial charge in [-0.15, -0.1) is 0 Å². The van der Waals surface area contributed by atoms with Crippen molar-refractivity contribution in [2.45, 2.75) is 38.4 Å². The van der Waals surface area contributed by atoms with E-state index < -0.39 is 21.1 Å². The third kappa shape index (κ3) is 6.19. The number of sulfonamides is 1. The van der Waals surface area contributed by atoms with E-state index in [1.807, 2.05) is 0 Å². The summed E-state index contributed by atoms with van der Waals surface area (Å²) in [6.07, 6.45) is 2.56. The number of rotatable bonds is 10. The Kier molecular flexibility index (Phi) is 7.61. The molecule has 0 radical (unpaired) electrons. The second-order valence-electron chi connectivity index (χ2n) is 5.32. The first-order chi connectivity index (χ1) is 10.4. The lowest BCUT2D eigenvalue weighted by Crippen LogP contribution is -2.31. The molecule has 0 aliphatic heterocycles. The van der Waals surface area contributed by atoms with E-state index in [-0.39, 0.29) is 5.75 Å². The first kappa shape index (κ1) is 18.7. The lowest BCUT2D eigenvalue weighted by atomic mass is 10.2. The number of nitrogens with one attached hydrogen (secondary N) is 2. The van der Waals surface area contributed by atoms with Gasteiger partial charge in [-0.05, 0) is 38.8 Å². The van der Waals surface area contributed by atoms with Gasteiger partial charge in [0.25, 0.3) is 0 Å². The summed E-state index contributed by atoms with van der Waals surface area (Å²) in [5.74, 6) is -0.168. The van der Waals surface area contributed by atoms with E-state index in [1.54, 1.807) is 26.0 Å². The minimum Gasteiger partial charge on any atom is -0.494 e. The number of methoxy groups -OCH3 is 1. The standard InChI is InChI=1S/C15H25FN2O3S/c1-12(2)22(19,20)18-10-6-4-5-9-17-13-7-8-15(21-3)14(16)11-13/h7-8,11-12,17-18H,4-6,9-10H2,1-3H3. The van der Waals surface area contributed by atoms with Crippen molar-refractivity contribution in [3.63, 3.8) is 0 Å². The molecule has 0 aromatic heterocycles. The van der Waals surface area contributed by atoms with Gasteiger partial charge >= 0.3 is 0 Å². The summed E-state index contributed by atoms with van der Waals surface area (Å²) >= 11 is 0. The lowest BCUT2D eigenvalue weighted by Gasteiger charge is -2.10. The van der Waals surface area contributed by atoms with Crippen molar-refractivity contribution in [1.82, 2.24) is 4.72 Å². The molecule has 1 rings (SSSR count). The van der Waals surface area contributed by atoms with Gasteiger partial charge in [-0.2, -0.15) is 0 Å². The maximum absolute atomic E-state index is 13.5. The normalized spacial score (nSPS) is 11.7. The van der Waals surface area contributed by atoms with Gasteiger partial charge in [0, 0.05) is 24.8 Å². The molecule has 0 amide bonds. The van der Waals surface area contributed by atoms with Crippen LogP contribution < -0.4 is 14.8 Å². The second-order valence-corrected chi connectivity index (χ2v) is 7.65. The maximum Gasteiger partial charge on any atom is 0.213 e. The van der Waals surface area contributed by atoms with Crippen LogP contribution in [0.4, 0.5) is 10.1 Å². The van der Waals surface area contributed by atoms with E-state index in [0.29, 0.717) is 18.8 Å². The van der Waals surface area contributed by atoms with Gasteiger partial charge in [0.1, 0.15) is 0 Å². The first-order valence-corrected chi connectivity index (χ1v) is 8.97. The molecule has 7 heteroatoms. The van der Waals surface area contributed by atoms with Crippen LogP contribution in [-0.4, -0.2) is 33.9 Å². The molecule has 1 aromatic rings. The molecule has 0 bridgehead atoms. The van der Waals surface area contributed by atoms with E-state index in [0.717, 1.165) is 19.3 Å². The fourth-order valence-electron chi connectivity index (χ4n) is 1.82. The highest BCUT2D eigenvalue weighted by Crippen LogP contribution is 2.20. The van der Waals surface area contributed by atoms with Crippen molar-refractivity contribution in [3.05, 3.63) is 24.0 Å². The van der Waals surface area contributed by atoms with E-state index in [4.69, 9.17) is 4.74 Å². The van der Waals surface area contributed by atoms with Gasteiger partial charge in [0.2, 0.25) is 10.0 Å². The van der Waals surface area contributed by atoms with Crippen molar-refractivity contribution < 1.29 is 17.5 Å². The van der Waals surface area contributed by atoms with Crippen LogP contribution in [0.1, 0.15) is 33.1 Å². The molecular formula is C15H25FN2O3S. The predicted molar refractivity (Wildman–Crippen MR) is 87.4 cm³/mol. The summed E-state index contributed by atoms with van der Waals surface area (Å²) in [6.45, 7) is 4.47. The molecule has 0 saturated heterocycles. The number of anilines is 1. The topological polar surface area (TPSA) is 67.4 Å². The fraction of sp³-hybridized carbons (Fsp3) is 0.600. The third-order valence-electron chi connectivity index (χ3n) is 3.26. The van der Waals surface area contributed by atoms with Gasteiger partial charge in [-0.25, -0.2) is 17.5 Å². The van der Waals surface area contributed by atoms with E-state index in [2.05, 4.69) is 10.0 Å². The highest BCUT2D eigenvalue weighted by atomic mass is 32.2. The Balaban J connectivity index is 2.17. The Labute approximate surface area is 132 Å². The molecule has 0 saturated carbocycles. The Hall–Kier alpha value is -1.34. The summed E-state index contributed by atoms with van der Waals surface area (Å²) in [4.78, 5) is 0. The average Bonchev–Trinajstić information content (AvgIpc) is 2.46. The van der Waals surface area contributed by atoms with Crippen LogP contribution in [0.25, 0.3) is 0 Å². The van der Waals surface area contributed by atoms with Crippen LogP contribution >= 0.6 is 0 Å². The molecule has 2 N–H and O–H groups in total. The number of hydrogen-bond donors (Lipinski definition) is 2. The molecule has 0 atom stereocenters. The van der Waals surface area contributed by atoms with Crippen molar-refractivity contribution in [2.75, 3.05) is 25.5 Å². The molecule has 1 aromatic carbocycles. The van der Waals surface area contributed by atoms with Crippen molar-refractivity contribution in [2.24, 2.45) is 0 Å². The Morgan fingerprint density at radius 2 is 1.86 bits per heavy atom. The summed E-state index contributed by atoms with van der Waals surface area (Å²) in [5.41, 5.74) is 0.707. The zero-order chi connectivity index (χ0) is 16.6. The number of ether oxygens (including phenoxy) is 1. The van der Waals surface area contributed by atoms with Crippen LogP contribution in [0, 0.1) is 5.82 Å². The summed E-state index contributed by atoms with van der Waals surface area (Å²) < 4.78 is 43.9. The smallest absolute Gasteiger partial charge is 0.213 e. The zero-order valence-corrected chi connectivity index (χ0v) is 14.2. The molecule has 0 aliphatic carbocycles. The van der Waals surface area contributed by atoms with Crippen LogP contribution in [0.5, 0.6) is 5.75 Å². The van der Waals surface area contributed by atoms with Crippen molar-refractivity contribution in [3.8, 4) is 5.75 Å². The number of hydrogen-bond acceptors (Lipinski definition) is 4. The van der Waals surface area contributed by atoms with Gasteiger partial charge in [0.15, 0.2) is 11.6 Å². The van der Waals surface area contributed by atoms with Crippen molar-refractivity contribution in [1.29, 1.82) is 0 Å². The Bertz CT molecular complexity index is 562. The minimum atomic E-state index is -3.16. The van der Waals surface area contributed by atoms with Crippen LogP contribution in [-0.2, 0) is 10.0 Å². The summed E-state index contributed by atoms with van der Waals surface area (Å²) in [7, 11) is -1.73. The lowest BCUT2D eigenvalue weighted by molar-refractivity contribution is 0.386. The molecule has 0 unspecified atom stereocenters. The van der Waals surface area contributed by atoms with Gasteiger partial charge < -0.3 is 10.1 Å². The van der Waals surface area contributed by atoms with Gasteiger partial charge in [-0.1, -0.05) is 6.42 Å². The first-order valence-electron chi connectivity index (χ1n) is 7.42. The average molecular weight is 332 g/mol. The highest BCUT2D eigenvalue weighted by molar-refractivity contribution is 7.90. The van der Waals surface area contributed by atoms with E-state index in [1.165, 1.54) is 13.2 Å². The Morgan fingerprint density at radius 3 is 2.45 bits per heavy atom. The minimum absolute atomic E-state index is 0.225. The number of unbranched alkanes of at least 4 members (excludes halogenated alkanes) is 2.